The molecule has 1 atom stereocenters. The summed E-state index contributed by atoms with van der Waals surface area (Å²) in [7, 11) is 0. The Morgan fingerprint density at radius 2 is 1.86 bits per heavy atom. The Balaban J connectivity index is 0.000000295. The van der Waals surface area contributed by atoms with E-state index in [0.717, 1.165) is 25.9 Å². The van der Waals surface area contributed by atoms with E-state index in [4.69, 9.17) is 10.5 Å². The van der Waals surface area contributed by atoms with Crippen LogP contribution in [0.25, 0.3) is 0 Å². The van der Waals surface area contributed by atoms with E-state index in [2.05, 4.69) is 43.4 Å². The third-order valence-electron chi connectivity index (χ3n) is 4.55. The molecule has 6 nitrogen and oxygen atoms in total. The number of nitrogen functional groups attached to an aromatic ring is 1. The third-order valence-corrected chi connectivity index (χ3v) is 4.55. The molecule has 0 radical (unpaired) electrons. The van der Waals surface area contributed by atoms with Gasteiger partial charge in [0.1, 0.15) is 5.75 Å². The van der Waals surface area contributed by atoms with Crippen LogP contribution in [0.4, 0.5) is 11.4 Å². The topological polar surface area (TPSA) is 90.4 Å². The van der Waals surface area contributed by atoms with Crippen LogP contribution in [-0.4, -0.2) is 18.1 Å². The summed E-state index contributed by atoms with van der Waals surface area (Å²) in [6.45, 7) is 10.9. The molecule has 0 bridgehead atoms. The first-order valence-corrected chi connectivity index (χ1v) is 10.5. The van der Waals surface area contributed by atoms with Crippen molar-refractivity contribution in [2.45, 2.75) is 53.5 Å². The number of benzene rings is 2. The van der Waals surface area contributed by atoms with E-state index in [0.29, 0.717) is 18.3 Å². The molecule has 3 N–H and O–H groups in total. The normalized spacial score (nSPS) is 13.0. The SMILES string of the molecule is CC.CCCC(C)COc1cccc([N+](=O)[O-])c1N.c1ccc2c(c1)CCNC2. The Hall–Kier alpha value is -2.60. The van der Waals surface area contributed by atoms with Gasteiger partial charge in [0.2, 0.25) is 0 Å². The van der Waals surface area contributed by atoms with Crippen molar-refractivity contribution in [1.82, 2.24) is 5.32 Å². The standard InChI is InChI=1S/C12H18N2O3.C9H11N.C2H6/c1-3-5-9(2)8-17-11-7-4-6-10(12(11)13)14(15)16;1-2-4-9-7-10-6-5-8(9)3-1;1-2/h4,6-7,9H,3,5,8,13H2,1-2H3;1-4,10H,5-7H2;1-2H3. The highest BCUT2D eigenvalue weighted by atomic mass is 16.6. The van der Waals surface area contributed by atoms with Crippen LogP contribution >= 0.6 is 0 Å². The van der Waals surface area contributed by atoms with Crippen molar-refractivity contribution in [2.75, 3.05) is 18.9 Å². The third kappa shape index (κ3) is 8.11. The number of fused-ring (bicyclic) bond motifs is 1. The Morgan fingerprint density at radius 3 is 2.48 bits per heavy atom. The number of nitro groups is 1. The number of hydrogen-bond acceptors (Lipinski definition) is 5. The summed E-state index contributed by atoms with van der Waals surface area (Å²) in [5, 5.41) is 14.0. The zero-order valence-corrected chi connectivity index (χ0v) is 18.1. The van der Waals surface area contributed by atoms with Crippen molar-refractivity contribution >= 4 is 11.4 Å². The van der Waals surface area contributed by atoms with Crippen LogP contribution in [0.5, 0.6) is 5.75 Å². The van der Waals surface area contributed by atoms with Gasteiger partial charge < -0.3 is 15.8 Å². The summed E-state index contributed by atoms with van der Waals surface area (Å²) < 4.78 is 5.51. The largest absolute Gasteiger partial charge is 0.491 e. The van der Waals surface area contributed by atoms with Crippen LogP contribution in [-0.2, 0) is 13.0 Å². The first kappa shape index (κ1) is 24.4. The average Bonchev–Trinajstić information content (AvgIpc) is 2.75. The molecule has 1 unspecified atom stereocenters. The van der Waals surface area contributed by atoms with Gasteiger partial charge in [-0.05, 0) is 42.5 Å². The van der Waals surface area contributed by atoms with Crippen LogP contribution in [0.1, 0.15) is 51.7 Å². The van der Waals surface area contributed by atoms with Gasteiger partial charge in [-0.2, -0.15) is 0 Å². The van der Waals surface area contributed by atoms with Crippen LogP contribution in [0.15, 0.2) is 42.5 Å². The van der Waals surface area contributed by atoms with E-state index in [1.807, 2.05) is 13.8 Å². The van der Waals surface area contributed by atoms with Crippen molar-refractivity contribution in [3.05, 3.63) is 63.7 Å². The molecule has 2 aromatic carbocycles. The monoisotopic (exact) mass is 401 g/mol. The van der Waals surface area contributed by atoms with Gasteiger partial charge in [-0.3, -0.25) is 10.1 Å². The lowest BCUT2D eigenvalue weighted by Gasteiger charge is -2.15. The molecule has 1 heterocycles. The molecule has 3 rings (SSSR count). The first-order chi connectivity index (χ1) is 14.0. The zero-order chi connectivity index (χ0) is 21.6. The van der Waals surface area contributed by atoms with Gasteiger partial charge >= 0.3 is 0 Å². The molecule has 0 aliphatic carbocycles. The molecular weight excluding hydrogens is 366 g/mol. The highest BCUT2D eigenvalue weighted by Gasteiger charge is 2.15. The predicted molar refractivity (Wildman–Crippen MR) is 120 cm³/mol. The Labute approximate surface area is 174 Å². The average molecular weight is 402 g/mol. The minimum absolute atomic E-state index is 0.0983. The fraction of sp³-hybridized carbons (Fsp3) is 0.478. The van der Waals surface area contributed by atoms with Crippen molar-refractivity contribution in [3.8, 4) is 5.75 Å². The van der Waals surface area contributed by atoms with Crippen molar-refractivity contribution in [2.24, 2.45) is 5.92 Å². The molecule has 0 aromatic heterocycles. The molecule has 160 valence electrons. The van der Waals surface area contributed by atoms with Crippen LogP contribution in [0.2, 0.25) is 0 Å². The quantitative estimate of drug-likeness (QED) is 0.387. The smallest absolute Gasteiger partial charge is 0.295 e. The predicted octanol–water partition coefficient (Wildman–Crippen LogP) is 5.35. The molecule has 0 amide bonds. The van der Waals surface area contributed by atoms with Crippen molar-refractivity contribution in [3.63, 3.8) is 0 Å². The van der Waals surface area contributed by atoms with Crippen LogP contribution in [0, 0.1) is 16.0 Å². The summed E-state index contributed by atoms with van der Waals surface area (Å²) in [6.07, 6.45) is 3.35. The molecule has 2 aromatic rings. The number of ether oxygens (including phenoxy) is 1. The van der Waals surface area contributed by atoms with E-state index < -0.39 is 4.92 Å². The maximum atomic E-state index is 10.7. The molecule has 0 saturated heterocycles. The lowest BCUT2D eigenvalue weighted by Crippen LogP contribution is -2.23. The summed E-state index contributed by atoms with van der Waals surface area (Å²) >= 11 is 0. The molecular formula is C23H35N3O3. The van der Waals surface area contributed by atoms with Crippen molar-refractivity contribution < 1.29 is 9.66 Å². The number of hydrogen-bond donors (Lipinski definition) is 2. The van der Waals surface area contributed by atoms with E-state index in [9.17, 15) is 10.1 Å². The van der Waals surface area contributed by atoms with Crippen molar-refractivity contribution in [1.29, 1.82) is 0 Å². The van der Waals surface area contributed by atoms with Gasteiger partial charge in [-0.15, -0.1) is 0 Å². The van der Waals surface area contributed by atoms with Gasteiger partial charge in [0.15, 0.2) is 5.69 Å². The molecule has 0 saturated carbocycles. The second kappa shape index (κ2) is 13.6. The minimum Gasteiger partial charge on any atom is -0.491 e. The van der Waals surface area contributed by atoms with Gasteiger partial charge in [0.05, 0.1) is 11.5 Å². The highest BCUT2D eigenvalue weighted by Crippen LogP contribution is 2.31. The van der Waals surface area contributed by atoms with Gasteiger partial charge in [0.25, 0.3) is 5.69 Å². The van der Waals surface area contributed by atoms with E-state index in [1.165, 1.54) is 23.6 Å². The number of nitrogens with one attached hydrogen (secondary N) is 1. The molecule has 6 heteroatoms. The van der Waals surface area contributed by atoms with Gasteiger partial charge in [0, 0.05) is 12.6 Å². The van der Waals surface area contributed by atoms with Gasteiger partial charge in [-0.1, -0.05) is 64.4 Å². The van der Waals surface area contributed by atoms with E-state index in [-0.39, 0.29) is 11.4 Å². The van der Waals surface area contributed by atoms with E-state index in [1.54, 1.807) is 12.1 Å². The summed E-state index contributed by atoms with van der Waals surface area (Å²) in [5.74, 6) is 0.806. The maximum Gasteiger partial charge on any atom is 0.295 e. The Morgan fingerprint density at radius 1 is 1.17 bits per heavy atom. The molecule has 0 spiro atoms. The number of nitrogens with zero attached hydrogens (tertiary/aromatic N) is 1. The number of nitro benzene ring substituents is 1. The summed E-state index contributed by atoms with van der Waals surface area (Å²) in [6, 6.07) is 13.2. The number of para-hydroxylation sites is 1. The zero-order valence-electron chi connectivity index (χ0n) is 18.1. The second-order valence-corrected chi connectivity index (χ2v) is 6.85. The molecule has 1 aliphatic heterocycles. The first-order valence-electron chi connectivity index (χ1n) is 10.5. The number of nitrogens with two attached hydrogens (primary N) is 1. The summed E-state index contributed by atoms with van der Waals surface area (Å²) in [4.78, 5) is 10.2. The maximum absolute atomic E-state index is 10.7. The number of rotatable bonds is 6. The fourth-order valence-electron chi connectivity index (χ4n) is 3.05. The fourth-order valence-corrected chi connectivity index (χ4v) is 3.05. The van der Waals surface area contributed by atoms with Crippen LogP contribution in [0.3, 0.4) is 0 Å². The molecule has 29 heavy (non-hydrogen) atoms. The lowest BCUT2D eigenvalue weighted by atomic mass is 10.0. The molecule has 0 fully saturated rings. The number of anilines is 1. The Kier molecular flexibility index (Phi) is 11.4. The minimum atomic E-state index is -0.502. The summed E-state index contributed by atoms with van der Waals surface area (Å²) in [5.41, 5.74) is 8.65. The van der Waals surface area contributed by atoms with E-state index >= 15 is 0 Å². The van der Waals surface area contributed by atoms with Gasteiger partial charge in [-0.25, -0.2) is 0 Å². The highest BCUT2D eigenvalue weighted by molar-refractivity contribution is 5.66. The lowest BCUT2D eigenvalue weighted by molar-refractivity contribution is -0.384. The second-order valence-electron chi connectivity index (χ2n) is 6.85. The molecule has 1 aliphatic rings. The Bertz CT molecular complexity index is 725. The van der Waals surface area contributed by atoms with Crippen LogP contribution < -0.4 is 15.8 Å².